The van der Waals surface area contributed by atoms with Gasteiger partial charge in [-0.2, -0.15) is 0 Å². The molecule has 0 aliphatic heterocycles. The van der Waals surface area contributed by atoms with E-state index in [-0.39, 0.29) is 5.82 Å². The molecule has 0 saturated heterocycles. The molecule has 0 atom stereocenters. The molecule has 1 heterocycles. The summed E-state index contributed by atoms with van der Waals surface area (Å²) < 4.78 is 4.49. The van der Waals surface area contributed by atoms with Gasteiger partial charge >= 0.3 is 12.0 Å². The lowest BCUT2D eigenvalue weighted by atomic mass is 10.0. The summed E-state index contributed by atoms with van der Waals surface area (Å²) in [5.41, 5.74) is -1.64. The number of aromatic nitrogens is 2. The van der Waals surface area contributed by atoms with Crippen molar-refractivity contribution >= 4 is 12.0 Å². The first kappa shape index (κ1) is 19.0. The number of H-pyrrole nitrogens is 1. The van der Waals surface area contributed by atoms with Gasteiger partial charge in [-0.15, -0.1) is 0 Å². The molecule has 1 aromatic heterocycles. The summed E-state index contributed by atoms with van der Waals surface area (Å²) in [5, 5.41) is 15.0. The fourth-order valence-corrected chi connectivity index (χ4v) is 2.17. The summed E-state index contributed by atoms with van der Waals surface area (Å²) in [7, 11) is 1.10. The molecule has 9 nitrogen and oxygen atoms in total. The van der Waals surface area contributed by atoms with E-state index in [0.717, 1.165) is 12.7 Å². The number of methoxy groups -OCH3 is 1. The number of amides is 2. The van der Waals surface area contributed by atoms with Gasteiger partial charge in [-0.05, 0) is 19.4 Å². The predicted molar refractivity (Wildman–Crippen MR) is 92.7 cm³/mol. The fraction of sp³-hybridized carbons (Fsp3) is 0.294. The van der Waals surface area contributed by atoms with Crippen molar-refractivity contribution in [3.05, 3.63) is 57.8 Å². The minimum Gasteiger partial charge on any atom is -0.501 e. The highest BCUT2D eigenvalue weighted by Gasteiger charge is 2.29. The maximum Gasteiger partial charge on any atom is 0.360 e. The topological polar surface area (TPSA) is 133 Å². The molecule has 2 aromatic rings. The average molecular weight is 360 g/mol. The number of hydrogen-bond acceptors (Lipinski definition) is 6. The Morgan fingerprint density at radius 1 is 1.27 bits per heavy atom. The molecular formula is C17H20N4O5. The molecule has 0 radical (unpaired) electrons. The van der Waals surface area contributed by atoms with E-state index >= 15 is 0 Å². The first-order valence-electron chi connectivity index (χ1n) is 7.76. The van der Waals surface area contributed by atoms with E-state index in [1.807, 2.05) is 30.3 Å². The van der Waals surface area contributed by atoms with Crippen molar-refractivity contribution in [3.63, 3.8) is 0 Å². The number of rotatable bonds is 5. The van der Waals surface area contributed by atoms with E-state index in [9.17, 15) is 19.5 Å². The second-order valence-electron chi connectivity index (χ2n) is 6.02. The van der Waals surface area contributed by atoms with Crippen molar-refractivity contribution in [3.8, 4) is 5.75 Å². The summed E-state index contributed by atoms with van der Waals surface area (Å²) in [6, 6.07) is 8.84. The first-order valence-corrected chi connectivity index (χ1v) is 7.76. The van der Waals surface area contributed by atoms with Gasteiger partial charge in [-0.25, -0.2) is 14.6 Å². The third kappa shape index (κ3) is 4.38. The van der Waals surface area contributed by atoms with E-state index in [0.29, 0.717) is 6.54 Å². The molecule has 2 rings (SSSR count). The van der Waals surface area contributed by atoms with Gasteiger partial charge < -0.3 is 25.5 Å². The van der Waals surface area contributed by atoms with Gasteiger partial charge in [-0.3, -0.25) is 4.79 Å². The van der Waals surface area contributed by atoms with Crippen LogP contribution in [0.5, 0.6) is 5.75 Å². The lowest BCUT2D eigenvalue weighted by molar-refractivity contribution is 0.0589. The lowest BCUT2D eigenvalue weighted by Gasteiger charge is -2.25. The highest BCUT2D eigenvalue weighted by atomic mass is 16.5. The van der Waals surface area contributed by atoms with Crippen molar-refractivity contribution in [2.45, 2.75) is 25.9 Å². The molecule has 0 fully saturated rings. The van der Waals surface area contributed by atoms with Crippen LogP contribution < -0.4 is 16.2 Å². The third-order valence-electron chi connectivity index (χ3n) is 3.59. The Balaban J connectivity index is 2.16. The van der Waals surface area contributed by atoms with Crippen molar-refractivity contribution in [2.24, 2.45) is 0 Å². The average Bonchev–Trinajstić information content (AvgIpc) is 2.62. The van der Waals surface area contributed by atoms with Crippen LogP contribution >= 0.6 is 0 Å². The number of nitrogens with one attached hydrogen (secondary N) is 3. The standard InChI is InChI=1S/C17H20N4O5/c1-17(2,21-16(25)18-9-10-7-5-4-6-8-10)15-19-11(14(24)26-3)12(22)13(23)20-15/h4-8,22H,9H2,1-3H3,(H2,18,21,25)(H,19,20,23). The zero-order chi connectivity index (χ0) is 19.3. The molecular weight excluding hydrogens is 340 g/mol. The van der Waals surface area contributed by atoms with Gasteiger partial charge in [0.05, 0.1) is 12.6 Å². The zero-order valence-electron chi connectivity index (χ0n) is 14.6. The van der Waals surface area contributed by atoms with E-state index in [4.69, 9.17) is 0 Å². The van der Waals surface area contributed by atoms with Gasteiger partial charge in [0.2, 0.25) is 5.75 Å². The predicted octanol–water partition coefficient (Wildman–Crippen LogP) is 0.997. The Labute approximate surface area is 149 Å². The third-order valence-corrected chi connectivity index (χ3v) is 3.59. The summed E-state index contributed by atoms with van der Waals surface area (Å²) in [6.45, 7) is 3.49. The number of hydrogen-bond donors (Lipinski definition) is 4. The number of aromatic amines is 1. The van der Waals surface area contributed by atoms with E-state index < -0.39 is 34.5 Å². The second-order valence-corrected chi connectivity index (χ2v) is 6.02. The van der Waals surface area contributed by atoms with Gasteiger partial charge in [0, 0.05) is 6.54 Å². The monoisotopic (exact) mass is 360 g/mol. The van der Waals surface area contributed by atoms with Crippen molar-refractivity contribution < 1.29 is 19.4 Å². The lowest BCUT2D eigenvalue weighted by Crippen LogP contribution is -2.47. The van der Waals surface area contributed by atoms with E-state index in [2.05, 4.69) is 25.3 Å². The number of urea groups is 1. The van der Waals surface area contributed by atoms with Gasteiger partial charge in [0.25, 0.3) is 5.56 Å². The SMILES string of the molecule is COC(=O)c1nc(C(C)(C)NC(=O)NCc2ccccc2)[nH]c(=O)c1O. The van der Waals surface area contributed by atoms with Crippen LogP contribution in [0.2, 0.25) is 0 Å². The molecule has 2 amide bonds. The maximum absolute atomic E-state index is 12.1. The molecule has 138 valence electrons. The normalized spacial score (nSPS) is 10.9. The summed E-state index contributed by atoms with van der Waals surface area (Å²) in [6.07, 6.45) is 0. The Morgan fingerprint density at radius 2 is 1.92 bits per heavy atom. The largest absolute Gasteiger partial charge is 0.501 e. The van der Waals surface area contributed by atoms with E-state index in [1.54, 1.807) is 13.8 Å². The Hall–Kier alpha value is -3.36. The minimum atomic E-state index is -1.13. The van der Waals surface area contributed by atoms with Crippen LogP contribution in [-0.4, -0.2) is 34.2 Å². The first-order chi connectivity index (χ1) is 12.2. The van der Waals surface area contributed by atoms with Crippen LogP contribution in [0.1, 0.15) is 35.7 Å². The van der Waals surface area contributed by atoms with Crippen LogP contribution in [0.15, 0.2) is 35.1 Å². The Kier molecular flexibility index (Phi) is 5.61. The molecule has 4 N–H and O–H groups in total. The van der Waals surface area contributed by atoms with E-state index in [1.165, 1.54) is 0 Å². The molecule has 0 saturated carbocycles. The second kappa shape index (κ2) is 7.68. The zero-order valence-corrected chi connectivity index (χ0v) is 14.6. The summed E-state index contributed by atoms with van der Waals surface area (Å²) in [4.78, 5) is 41.9. The fourth-order valence-electron chi connectivity index (χ4n) is 2.17. The molecule has 0 aliphatic rings. The quantitative estimate of drug-likeness (QED) is 0.588. The molecule has 0 spiro atoms. The smallest absolute Gasteiger partial charge is 0.360 e. The molecule has 9 heteroatoms. The van der Waals surface area contributed by atoms with Crippen LogP contribution in [0.3, 0.4) is 0 Å². The van der Waals surface area contributed by atoms with Crippen molar-refractivity contribution in [1.82, 2.24) is 20.6 Å². The van der Waals surface area contributed by atoms with Crippen molar-refractivity contribution in [1.29, 1.82) is 0 Å². The van der Waals surface area contributed by atoms with Gasteiger partial charge in [0.1, 0.15) is 5.82 Å². The van der Waals surface area contributed by atoms with Gasteiger partial charge in [0.15, 0.2) is 5.69 Å². The number of carbonyl (C=O) groups is 2. The molecule has 0 unspecified atom stereocenters. The van der Waals surface area contributed by atoms with Crippen LogP contribution in [0.25, 0.3) is 0 Å². The highest BCUT2D eigenvalue weighted by Crippen LogP contribution is 2.18. The number of esters is 1. The minimum absolute atomic E-state index is 0.00411. The molecule has 26 heavy (non-hydrogen) atoms. The van der Waals surface area contributed by atoms with Crippen LogP contribution in [-0.2, 0) is 16.8 Å². The number of nitrogens with zero attached hydrogens (tertiary/aromatic N) is 1. The Bertz CT molecular complexity index is 861. The van der Waals surface area contributed by atoms with Gasteiger partial charge in [-0.1, -0.05) is 30.3 Å². The molecule has 0 aliphatic carbocycles. The van der Waals surface area contributed by atoms with Crippen LogP contribution in [0, 0.1) is 0 Å². The number of ether oxygens (including phenoxy) is 1. The summed E-state index contributed by atoms with van der Waals surface area (Å²) in [5.74, 6) is -1.81. The Morgan fingerprint density at radius 3 is 2.54 bits per heavy atom. The summed E-state index contributed by atoms with van der Waals surface area (Å²) >= 11 is 0. The number of benzene rings is 1. The molecule has 1 aromatic carbocycles. The van der Waals surface area contributed by atoms with Crippen LogP contribution in [0.4, 0.5) is 4.79 Å². The maximum atomic E-state index is 12.1. The number of aromatic hydroxyl groups is 1. The van der Waals surface area contributed by atoms with Crippen molar-refractivity contribution in [2.75, 3.05) is 7.11 Å². The highest BCUT2D eigenvalue weighted by molar-refractivity contribution is 5.89. The molecule has 0 bridgehead atoms. The number of carbonyl (C=O) groups excluding carboxylic acids is 2.